The van der Waals surface area contributed by atoms with Crippen molar-refractivity contribution in [1.29, 1.82) is 0 Å². The van der Waals surface area contributed by atoms with Gasteiger partial charge in [0.2, 0.25) is 0 Å². The van der Waals surface area contributed by atoms with Crippen molar-refractivity contribution in [3.63, 3.8) is 0 Å². The summed E-state index contributed by atoms with van der Waals surface area (Å²) in [5.41, 5.74) is 1.17. The van der Waals surface area contributed by atoms with E-state index in [1.54, 1.807) is 0 Å². The predicted molar refractivity (Wildman–Crippen MR) is 79.6 cm³/mol. The summed E-state index contributed by atoms with van der Waals surface area (Å²) in [5.74, 6) is 0.682. The molecule has 0 aliphatic heterocycles. The van der Waals surface area contributed by atoms with E-state index in [1.165, 1.54) is 6.42 Å². The molecular formula is C17H23NO2. The number of carbonyl (C=O) groups excluding carboxylic acids is 1. The molecule has 0 unspecified atom stereocenters. The number of hydrogen-bond donors (Lipinski definition) is 1. The Labute approximate surface area is 120 Å². The molecule has 3 atom stereocenters. The Morgan fingerprint density at radius 1 is 1.25 bits per heavy atom. The molecule has 1 N–H and O–H groups in total. The van der Waals surface area contributed by atoms with Crippen molar-refractivity contribution in [1.82, 2.24) is 0 Å². The predicted octanol–water partition coefficient (Wildman–Crippen LogP) is 4.45. The maximum atomic E-state index is 12.1. The smallest absolute Gasteiger partial charge is 0.411 e. The number of hydrogen-bond acceptors (Lipinski definition) is 2. The number of rotatable bonds is 2. The minimum atomic E-state index is -0.328. The molecule has 2 saturated carbocycles. The van der Waals surface area contributed by atoms with Crippen LogP contribution in [-0.4, -0.2) is 12.2 Å². The highest BCUT2D eigenvalue weighted by Crippen LogP contribution is 2.66. The average Bonchev–Trinajstić information content (AvgIpc) is 2.73. The molecule has 0 spiro atoms. The Morgan fingerprint density at radius 3 is 2.50 bits per heavy atom. The zero-order valence-corrected chi connectivity index (χ0v) is 12.5. The summed E-state index contributed by atoms with van der Waals surface area (Å²) >= 11 is 0. The van der Waals surface area contributed by atoms with E-state index in [0.717, 1.165) is 18.5 Å². The van der Waals surface area contributed by atoms with Gasteiger partial charge in [0.05, 0.1) is 0 Å². The Bertz CT molecular complexity index is 511. The molecule has 2 aliphatic carbocycles. The Hall–Kier alpha value is -1.51. The minimum Gasteiger partial charge on any atom is -0.445 e. The fourth-order valence-electron chi connectivity index (χ4n) is 4.11. The van der Waals surface area contributed by atoms with Crippen LogP contribution in [0.25, 0.3) is 0 Å². The monoisotopic (exact) mass is 273 g/mol. The molecule has 3 rings (SSSR count). The van der Waals surface area contributed by atoms with Gasteiger partial charge in [-0.1, -0.05) is 39.0 Å². The zero-order valence-electron chi connectivity index (χ0n) is 12.5. The first-order valence-corrected chi connectivity index (χ1v) is 7.46. The molecular weight excluding hydrogens is 250 g/mol. The number of fused-ring (bicyclic) bond motifs is 2. The molecule has 108 valence electrons. The van der Waals surface area contributed by atoms with Crippen molar-refractivity contribution < 1.29 is 9.53 Å². The van der Waals surface area contributed by atoms with Crippen molar-refractivity contribution in [3.05, 3.63) is 30.3 Å². The fourth-order valence-corrected chi connectivity index (χ4v) is 4.11. The van der Waals surface area contributed by atoms with E-state index < -0.39 is 0 Å². The minimum absolute atomic E-state index is 0.0416. The summed E-state index contributed by atoms with van der Waals surface area (Å²) in [6, 6.07) is 9.46. The van der Waals surface area contributed by atoms with Crippen LogP contribution < -0.4 is 5.32 Å². The van der Waals surface area contributed by atoms with Crippen molar-refractivity contribution in [2.75, 3.05) is 5.32 Å². The first kappa shape index (κ1) is 13.5. The summed E-state index contributed by atoms with van der Waals surface area (Å²) in [6.45, 7) is 6.92. The quantitative estimate of drug-likeness (QED) is 0.864. The molecule has 0 heterocycles. The number of amides is 1. The van der Waals surface area contributed by atoms with Gasteiger partial charge in [-0.25, -0.2) is 4.79 Å². The van der Waals surface area contributed by atoms with Crippen molar-refractivity contribution in [3.8, 4) is 0 Å². The van der Waals surface area contributed by atoms with Crippen LogP contribution in [0.15, 0.2) is 30.3 Å². The molecule has 1 aromatic rings. The average molecular weight is 273 g/mol. The normalized spacial score (nSPS) is 34.0. The van der Waals surface area contributed by atoms with Gasteiger partial charge in [-0.15, -0.1) is 0 Å². The number of benzene rings is 1. The second-order valence-electron chi connectivity index (χ2n) is 7.00. The highest BCUT2D eigenvalue weighted by atomic mass is 16.6. The molecule has 2 fully saturated rings. The van der Waals surface area contributed by atoms with Gasteiger partial charge >= 0.3 is 6.09 Å². The Morgan fingerprint density at radius 2 is 1.95 bits per heavy atom. The molecule has 0 saturated heterocycles. The van der Waals surface area contributed by atoms with Gasteiger partial charge in [-0.3, -0.25) is 5.32 Å². The van der Waals surface area contributed by atoms with Crippen LogP contribution in [0.3, 0.4) is 0 Å². The zero-order chi connectivity index (χ0) is 14.4. The maximum absolute atomic E-state index is 12.1. The van der Waals surface area contributed by atoms with E-state index >= 15 is 0 Å². The third kappa shape index (κ3) is 1.91. The largest absolute Gasteiger partial charge is 0.445 e. The second-order valence-corrected chi connectivity index (χ2v) is 7.00. The number of para-hydroxylation sites is 1. The van der Waals surface area contributed by atoms with E-state index in [-0.39, 0.29) is 23.0 Å². The molecule has 1 amide bonds. The topological polar surface area (TPSA) is 38.3 Å². The number of anilines is 1. The number of carbonyl (C=O) groups is 1. The lowest BCUT2D eigenvalue weighted by molar-refractivity contribution is 0.00148. The molecule has 1 aromatic carbocycles. The Balaban J connectivity index is 1.66. The fraction of sp³-hybridized carbons (Fsp3) is 0.588. The van der Waals surface area contributed by atoms with Gasteiger partial charge in [0.1, 0.15) is 6.10 Å². The van der Waals surface area contributed by atoms with Gasteiger partial charge < -0.3 is 4.74 Å². The van der Waals surface area contributed by atoms with Crippen molar-refractivity contribution in [2.24, 2.45) is 16.7 Å². The Kier molecular flexibility index (Phi) is 3.03. The van der Waals surface area contributed by atoms with E-state index in [4.69, 9.17) is 4.74 Å². The molecule has 2 bridgehead atoms. The van der Waals surface area contributed by atoms with Crippen LogP contribution in [0.2, 0.25) is 0 Å². The highest BCUT2D eigenvalue weighted by Gasteiger charge is 2.62. The van der Waals surface area contributed by atoms with Crippen LogP contribution in [0.5, 0.6) is 0 Å². The third-order valence-corrected chi connectivity index (χ3v) is 5.98. The lowest BCUT2D eigenvalue weighted by Crippen LogP contribution is -2.39. The van der Waals surface area contributed by atoms with Crippen LogP contribution >= 0.6 is 0 Å². The molecule has 0 radical (unpaired) electrons. The summed E-state index contributed by atoms with van der Waals surface area (Å²) in [7, 11) is 0. The summed E-state index contributed by atoms with van der Waals surface area (Å²) < 4.78 is 5.74. The van der Waals surface area contributed by atoms with Crippen molar-refractivity contribution >= 4 is 11.8 Å². The summed E-state index contributed by atoms with van der Waals surface area (Å²) in [5, 5.41) is 2.81. The van der Waals surface area contributed by atoms with Crippen LogP contribution in [0, 0.1) is 16.7 Å². The van der Waals surface area contributed by atoms with Gasteiger partial charge in [0.15, 0.2) is 0 Å². The van der Waals surface area contributed by atoms with E-state index in [2.05, 4.69) is 26.1 Å². The van der Waals surface area contributed by atoms with Gasteiger partial charge in [-0.2, -0.15) is 0 Å². The lowest BCUT2D eigenvalue weighted by Gasteiger charge is -2.38. The summed E-state index contributed by atoms with van der Waals surface area (Å²) in [4.78, 5) is 12.1. The second kappa shape index (κ2) is 4.51. The van der Waals surface area contributed by atoms with Crippen LogP contribution in [-0.2, 0) is 4.74 Å². The maximum Gasteiger partial charge on any atom is 0.411 e. The summed E-state index contributed by atoms with van der Waals surface area (Å²) in [6.07, 6.45) is 3.15. The van der Waals surface area contributed by atoms with Gasteiger partial charge in [-0.05, 0) is 42.7 Å². The van der Waals surface area contributed by atoms with E-state index in [1.807, 2.05) is 30.3 Å². The van der Waals surface area contributed by atoms with Gasteiger partial charge in [0.25, 0.3) is 0 Å². The van der Waals surface area contributed by atoms with Gasteiger partial charge in [0, 0.05) is 11.1 Å². The van der Waals surface area contributed by atoms with Crippen molar-refractivity contribution in [2.45, 2.75) is 46.1 Å². The number of ether oxygens (including phenoxy) is 1. The third-order valence-electron chi connectivity index (χ3n) is 5.98. The molecule has 2 aliphatic rings. The first-order valence-electron chi connectivity index (χ1n) is 7.46. The highest BCUT2D eigenvalue weighted by molar-refractivity contribution is 5.84. The molecule has 0 aromatic heterocycles. The molecule has 3 heteroatoms. The van der Waals surface area contributed by atoms with E-state index in [9.17, 15) is 4.79 Å². The SMILES string of the molecule is CC1(C)[C@H]2CC[C@@]1(C)[C@H](OC(=O)Nc1ccccc1)C2. The van der Waals surface area contributed by atoms with Crippen LogP contribution in [0.4, 0.5) is 10.5 Å². The van der Waals surface area contributed by atoms with Crippen LogP contribution in [0.1, 0.15) is 40.0 Å². The molecule has 20 heavy (non-hydrogen) atoms. The molecule has 3 nitrogen and oxygen atoms in total. The lowest BCUT2D eigenvalue weighted by atomic mass is 9.70. The first-order chi connectivity index (χ1) is 9.43. The van der Waals surface area contributed by atoms with E-state index in [0.29, 0.717) is 5.92 Å². The standard InChI is InChI=1S/C17H23NO2/c1-16(2)12-9-10-17(16,3)14(11-12)20-15(19)18-13-7-5-4-6-8-13/h4-8,12,14H,9-11H2,1-3H3,(H,18,19)/t12-,14+,17-/m0/s1. The number of nitrogens with one attached hydrogen (secondary N) is 1.